The Bertz CT molecular complexity index is 572. The number of benzene rings is 1. The van der Waals surface area contributed by atoms with Gasteiger partial charge in [0.05, 0.1) is 24.8 Å². The maximum atomic E-state index is 11.0. The second-order valence-electron chi connectivity index (χ2n) is 4.43. The Morgan fingerprint density at radius 1 is 1.19 bits per heavy atom. The number of hydrogen-bond acceptors (Lipinski definition) is 5. The van der Waals surface area contributed by atoms with Crippen molar-refractivity contribution in [3.63, 3.8) is 0 Å². The number of allylic oxidation sites excluding steroid dienone is 1. The Balaban J connectivity index is 2.26. The topological polar surface area (TPSA) is 59.9 Å². The number of methoxy groups -OCH3 is 2. The number of nitrogens with zero attached hydrogens (tertiary/aromatic N) is 1. The lowest BCUT2D eigenvalue weighted by molar-refractivity contribution is -0.121. The molecule has 2 rings (SSSR count). The van der Waals surface area contributed by atoms with E-state index in [0.29, 0.717) is 12.8 Å². The maximum Gasteiger partial charge on any atom is 0.240 e. The van der Waals surface area contributed by atoms with Crippen LogP contribution in [0.3, 0.4) is 0 Å². The molecule has 6 heteroatoms. The average molecular weight is 306 g/mol. The Morgan fingerprint density at radius 3 is 2.33 bits per heavy atom. The van der Waals surface area contributed by atoms with Crippen molar-refractivity contribution < 1.29 is 14.3 Å². The summed E-state index contributed by atoms with van der Waals surface area (Å²) >= 11 is 1.58. The van der Waals surface area contributed by atoms with E-state index in [4.69, 9.17) is 9.47 Å². The predicted molar refractivity (Wildman–Crippen MR) is 85.2 cm³/mol. The van der Waals surface area contributed by atoms with Crippen LogP contribution in [0, 0.1) is 0 Å². The molecule has 0 radical (unpaired) electrons. The van der Waals surface area contributed by atoms with E-state index in [2.05, 4.69) is 10.5 Å². The summed E-state index contributed by atoms with van der Waals surface area (Å²) in [7, 11) is 3.28. The quantitative estimate of drug-likeness (QED) is 0.850. The summed E-state index contributed by atoms with van der Waals surface area (Å²) in [5.74, 6) is 1.51. The summed E-state index contributed by atoms with van der Waals surface area (Å²) in [6.07, 6.45) is 6.94. The first kappa shape index (κ1) is 15.4. The molecule has 0 spiro atoms. The van der Waals surface area contributed by atoms with Crippen LogP contribution in [0.15, 0.2) is 28.2 Å². The van der Waals surface area contributed by atoms with E-state index >= 15 is 0 Å². The number of hydrazone groups is 1. The van der Waals surface area contributed by atoms with Crippen molar-refractivity contribution in [2.24, 2.45) is 5.10 Å². The van der Waals surface area contributed by atoms with Crippen molar-refractivity contribution in [3.8, 4) is 11.5 Å². The molecule has 0 fully saturated rings. The van der Waals surface area contributed by atoms with Crippen LogP contribution in [-0.4, -0.2) is 32.1 Å². The molecule has 0 atom stereocenters. The maximum absolute atomic E-state index is 11.0. The standard InChI is InChI=1S/C15H18N2O3S/c1-19-12-8-10(9-13(20-2)15(12)21-3)4-5-11-6-7-14(18)17-16-11/h4-5,8-9H,6-7H2,1-3H3,(H,17,18). The van der Waals surface area contributed by atoms with E-state index in [1.54, 1.807) is 26.0 Å². The van der Waals surface area contributed by atoms with Crippen molar-refractivity contribution in [2.75, 3.05) is 20.5 Å². The number of amides is 1. The fraction of sp³-hybridized carbons (Fsp3) is 0.333. The van der Waals surface area contributed by atoms with Gasteiger partial charge in [-0.1, -0.05) is 6.08 Å². The van der Waals surface area contributed by atoms with Gasteiger partial charge in [0.1, 0.15) is 11.5 Å². The van der Waals surface area contributed by atoms with E-state index in [1.807, 2.05) is 30.5 Å². The van der Waals surface area contributed by atoms with Crippen molar-refractivity contribution in [1.29, 1.82) is 0 Å². The van der Waals surface area contributed by atoms with Gasteiger partial charge in [0.25, 0.3) is 0 Å². The molecule has 1 aliphatic rings. The zero-order valence-electron chi connectivity index (χ0n) is 12.3. The monoisotopic (exact) mass is 306 g/mol. The van der Waals surface area contributed by atoms with Gasteiger partial charge in [-0.25, -0.2) is 5.43 Å². The summed E-state index contributed by atoms with van der Waals surface area (Å²) in [6, 6.07) is 3.90. The first-order valence-electron chi connectivity index (χ1n) is 6.51. The summed E-state index contributed by atoms with van der Waals surface area (Å²) in [5, 5.41) is 4.01. The molecule has 21 heavy (non-hydrogen) atoms. The minimum absolute atomic E-state index is 0.0418. The molecule has 1 amide bonds. The molecular weight excluding hydrogens is 288 g/mol. The highest BCUT2D eigenvalue weighted by molar-refractivity contribution is 7.98. The number of nitrogens with one attached hydrogen (secondary N) is 1. The van der Waals surface area contributed by atoms with Crippen LogP contribution >= 0.6 is 11.8 Å². The molecule has 0 saturated carbocycles. The van der Waals surface area contributed by atoms with Gasteiger partial charge in [-0.05, 0) is 30.0 Å². The molecule has 112 valence electrons. The van der Waals surface area contributed by atoms with Crippen molar-refractivity contribution in [2.45, 2.75) is 17.7 Å². The van der Waals surface area contributed by atoms with Crippen molar-refractivity contribution >= 4 is 29.5 Å². The highest BCUT2D eigenvalue weighted by Crippen LogP contribution is 2.38. The Morgan fingerprint density at radius 2 is 1.86 bits per heavy atom. The second-order valence-corrected chi connectivity index (χ2v) is 5.25. The molecule has 0 unspecified atom stereocenters. The Kier molecular flexibility index (Phi) is 5.27. The zero-order valence-corrected chi connectivity index (χ0v) is 13.1. The highest BCUT2D eigenvalue weighted by atomic mass is 32.2. The molecule has 0 bridgehead atoms. The number of carbonyl (C=O) groups is 1. The zero-order chi connectivity index (χ0) is 15.2. The fourth-order valence-corrected chi connectivity index (χ4v) is 2.69. The van der Waals surface area contributed by atoms with Gasteiger partial charge in [-0.3, -0.25) is 4.79 Å². The predicted octanol–water partition coefficient (Wildman–Crippen LogP) is 2.70. The molecule has 1 heterocycles. The molecular formula is C15H18N2O3S. The molecule has 1 aromatic carbocycles. The normalized spacial score (nSPS) is 14.8. The van der Waals surface area contributed by atoms with Gasteiger partial charge in [0.2, 0.25) is 5.91 Å². The van der Waals surface area contributed by atoms with Gasteiger partial charge in [0, 0.05) is 12.8 Å². The average Bonchev–Trinajstić information content (AvgIpc) is 2.53. The van der Waals surface area contributed by atoms with E-state index in [-0.39, 0.29) is 5.91 Å². The number of thioether (sulfide) groups is 1. The minimum Gasteiger partial charge on any atom is -0.495 e. The lowest BCUT2D eigenvalue weighted by Gasteiger charge is -2.12. The third kappa shape index (κ3) is 3.78. The number of hydrogen-bond donors (Lipinski definition) is 1. The first-order valence-corrected chi connectivity index (χ1v) is 7.74. The van der Waals surface area contributed by atoms with Crippen molar-refractivity contribution in [1.82, 2.24) is 5.43 Å². The first-order chi connectivity index (χ1) is 10.2. The summed E-state index contributed by atoms with van der Waals surface area (Å²) in [5.41, 5.74) is 4.28. The lowest BCUT2D eigenvalue weighted by Crippen LogP contribution is -2.24. The summed E-state index contributed by atoms with van der Waals surface area (Å²) in [6.45, 7) is 0. The molecule has 1 N–H and O–H groups in total. The van der Waals surface area contributed by atoms with Gasteiger partial charge in [-0.15, -0.1) is 11.8 Å². The van der Waals surface area contributed by atoms with Crippen LogP contribution in [0.5, 0.6) is 11.5 Å². The molecule has 0 saturated heterocycles. The van der Waals surface area contributed by atoms with E-state index in [0.717, 1.165) is 27.7 Å². The van der Waals surface area contributed by atoms with Gasteiger partial charge in [0.15, 0.2) is 0 Å². The van der Waals surface area contributed by atoms with Crippen LogP contribution < -0.4 is 14.9 Å². The smallest absolute Gasteiger partial charge is 0.240 e. The van der Waals surface area contributed by atoms with Crippen LogP contribution in [0.4, 0.5) is 0 Å². The van der Waals surface area contributed by atoms with Gasteiger partial charge >= 0.3 is 0 Å². The highest BCUT2D eigenvalue weighted by Gasteiger charge is 2.11. The molecule has 0 aliphatic carbocycles. The molecule has 1 aliphatic heterocycles. The van der Waals surface area contributed by atoms with E-state index in [1.165, 1.54) is 0 Å². The van der Waals surface area contributed by atoms with Crippen LogP contribution in [-0.2, 0) is 4.79 Å². The summed E-state index contributed by atoms with van der Waals surface area (Å²) in [4.78, 5) is 12.0. The largest absolute Gasteiger partial charge is 0.495 e. The fourth-order valence-electron chi connectivity index (χ4n) is 2.00. The van der Waals surface area contributed by atoms with E-state index < -0.39 is 0 Å². The molecule has 1 aromatic rings. The number of ether oxygens (including phenoxy) is 2. The van der Waals surface area contributed by atoms with E-state index in [9.17, 15) is 4.79 Å². The van der Waals surface area contributed by atoms with Crippen molar-refractivity contribution in [3.05, 3.63) is 23.8 Å². The number of carbonyl (C=O) groups excluding carboxylic acids is 1. The van der Waals surface area contributed by atoms with Crippen LogP contribution in [0.25, 0.3) is 6.08 Å². The number of rotatable bonds is 5. The Hall–Kier alpha value is -1.95. The summed E-state index contributed by atoms with van der Waals surface area (Å²) < 4.78 is 10.8. The van der Waals surface area contributed by atoms with Crippen LogP contribution in [0.1, 0.15) is 18.4 Å². The third-order valence-corrected chi connectivity index (χ3v) is 3.90. The SMILES string of the molecule is COc1cc(C=CC2=NNC(=O)CC2)cc(OC)c1SC. The second kappa shape index (κ2) is 7.17. The lowest BCUT2D eigenvalue weighted by atomic mass is 10.1. The minimum atomic E-state index is -0.0418. The van der Waals surface area contributed by atoms with Gasteiger partial charge in [-0.2, -0.15) is 5.10 Å². The third-order valence-electron chi connectivity index (χ3n) is 3.09. The molecule has 0 aromatic heterocycles. The Labute approximate surface area is 128 Å². The van der Waals surface area contributed by atoms with Gasteiger partial charge < -0.3 is 9.47 Å². The molecule has 5 nitrogen and oxygen atoms in total. The van der Waals surface area contributed by atoms with Crippen LogP contribution in [0.2, 0.25) is 0 Å².